The highest BCUT2D eigenvalue weighted by Crippen LogP contribution is 2.36. The Hall–Kier alpha value is -1.54. The Bertz CT molecular complexity index is 663. The molecular weight excluding hydrogens is 311 g/mol. The monoisotopic (exact) mass is 334 g/mol. The third-order valence-corrected chi connectivity index (χ3v) is 4.28. The second-order valence-electron chi connectivity index (χ2n) is 6.06. The molecule has 0 aliphatic rings. The van der Waals surface area contributed by atoms with Crippen molar-refractivity contribution in [1.29, 1.82) is 0 Å². The molecule has 0 aliphatic carbocycles. The minimum atomic E-state index is -0.341. The van der Waals surface area contributed by atoms with Crippen LogP contribution in [0.5, 0.6) is 5.75 Å². The third kappa shape index (κ3) is 4.26. The van der Waals surface area contributed by atoms with Gasteiger partial charge in [0.1, 0.15) is 0 Å². The summed E-state index contributed by atoms with van der Waals surface area (Å²) in [6.07, 6.45) is 2.03. The summed E-state index contributed by atoms with van der Waals surface area (Å²) in [4.78, 5) is 0. The first-order chi connectivity index (χ1) is 11.0. The van der Waals surface area contributed by atoms with Gasteiger partial charge in [0.05, 0.1) is 6.10 Å². The number of hydrogen-bond donors (Lipinski definition) is 0. The smallest absolute Gasteiger partial charge is 0.165 e. The van der Waals surface area contributed by atoms with Crippen molar-refractivity contribution < 1.29 is 9.13 Å². The van der Waals surface area contributed by atoms with Gasteiger partial charge in [-0.25, -0.2) is 4.39 Å². The van der Waals surface area contributed by atoms with E-state index in [1.54, 1.807) is 6.07 Å². The Labute approximate surface area is 143 Å². The molecule has 0 saturated heterocycles. The van der Waals surface area contributed by atoms with Crippen molar-refractivity contribution in [2.75, 3.05) is 0 Å². The molecule has 0 fully saturated rings. The fourth-order valence-corrected chi connectivity index (χ4v) is 3.05. The van der Waals surface area contributed by atoms with E-state index in [0.717, 1.165) is 24.0 Å². The summed E-state index contributed by atoms with van der Waals surface area (Å²) in [5.74, 6) is 0.387. The van der Waals surface area contributed by atoms with Gasteiger partial charge < -0.3 is 4.74 Å². The van der Waals surface area contributed by atoms with E-state index < -0.39 is 0 Å². The van der Waals surface area contributed by atoms with E-state index in [4.69, 9.17) is 16.3 Å². The van der Waals surface area contributed by atoms with E-state index in [1.165, 1.54) is 11.6 Å². The molecule has 0 radical (unpaired) electrons. The molecule has 23 heavy (non-hydrogen) atoms. The maximum Gasteiger partial charge on any atom is 0.165 e. The first-order valence-corrected chi connectivity index (χ1v) is 8.60. The molecule has 124 valence electrons. The van der Waals surface area contributed by atoms with Crippen LogP contribution in [-0.4, -0.2) is 6.10 Å². The number of hydrogen-bond acceptors (Lipinski definition) is 1. The zero-order valence-electron chi connectivity index (χ0n) is 14.2. The van der Waals surface area contributed by atoms with Crippen LogP contribution >= 0.6 is 11.6 Å². The molecule has 0 heterocycles. The predicted molar refractivity (Wildman–Crippen MR) is 95.9 cm³/mol. The van der Waals surface area contributed by atoms with E-state index in [-0.39, 0.29) is 17.7 Å². The maximum atomic E-state index is 14.3. The standard InChI is InChI=1S/C20H24ClFO/c1-5-14(6-2)17-9-8-16(21)12-18(17)15-7-10-20(19(22)11-15)23-13(3)4/h7-14H,5-6H2,1-4H3. The molecule has 0 atom stereocenters. The lowest BCUT2D eigenvalue weighted by atomic mass is 9.87. The molecule has 0 amide bonds. The second kappa shape index (κ2) is 7.83. The maximum absolute atomic E-state index is 14.3. The van der Waals surface area contributed by atoms with Gasteiger partial charge in [-0.3, -0.25) is 0 Å². The summed E-state index contributed by atoms with van der Waals surface area (Å²) in [5, 5.41) is 0.664. The van der Waals surface area contributed by atoms with Crippen molar-refractivity contribution in [2.24, 2.45) is 0 Å². The summed E-state index contributed by atoms with van der Waals surface area (Å²) >= 11 is 6.18. The molecule has 0 saturated carbocycles. The van der Waals surface area contributed by atoms with E-state index in [1.807, 2.05) is 32.0 Å². The van der Waals surface area contributed by atoms with Crippen LogP contribution in [0.1, 0.15) is 52.0 Å². The topological polar surface area (TPSA) is 9.23 Å². The molecule has 0 spiro atoms. The summed E-state index contributed by atoms with van der Waals surface area (Å²) < 4.78 is 19.8. The van der Waals surface area contributed by atoms with Crippen molar-refractivity contribution in [3.05, 3.63) is 52.8 Å². The summed E-state index contributed by atoms with van der Waals surface area (Å²) in [7, 11) is 0. The van der Waals surface area contributed by atoms with E-state index >= 15 is 0 Å². The first-order valence-electron chi connectivity index (χ1n) is 8.22. The quantitative estimate of drug-likeness (QED) is 0.562. The number of ether oxygens (including phenoxy) is 1. The van der Waals surface area contributed by atoms with Crippen LogP contribution in [0.25, 0.3) is 11.1 Å². The van der Waals surface area contributed by atoms with Crippen molar-refractivity contribution in [1.82, 2.24) is 0 Å². The lowest BCUT2D eigenvalue weighted by Crippen LogP contribution is -2.07. The number of benzene rings is 2. The highest BCUT2D eigenvalue weighted by Gasteiger charge is 2.15. The summed E-state index contributed by atoms with van der Waals surface area (Å²) in [6.45, 7) is 8.12. The lowest BCUT2D eigenvalue weighted by molar-refractivity contribution is 0.231. The average Bonchev–Trinajstić information content (AvgIpc) is 2.51. The van der Waals surface area contributed by atoms with Gasteiger partial charge in [0.25, 0.3) is 0 Å². The summed E-state index contributed by atoms with van der Waals surface area (Å²) in [6, 6.07) is 11.0. The van der Waals surface area contributed by atoms with Crippen molar-refractivity contribution >= 4 is 11.6 Å². The van der Waals surface area contributed by atoms with Crippen molar-refractivity contribution in [2.45, 2.75) is 52.6 Å². The lowest BCUT2D eigenvalue weighted by Gasteiger charge is -2.19. The number of halogens is 2. The van der Waals surface area contributed by atoms with Crippen LogP contribution in [0.4, 0.5) is 4.39 Å². The van der Waals surface area contributed by atoms with Gasteiger partial charge in [0, 0.05) is 5.02 Å². The minimum Gasteiger partial charge on any atom is -0.488 e. The molecule has 0 N–H and O–H groups in total. The van der Waals surface area contributed by atoms with Crippen LogP contribution in [0.2, 0.25) is 5.02 Å². The van der Waals surface area contributed by atoms with Crippen molar-refractivity contribution in [3.8, 4) is 16.9 Å². The Balaban J connectivity index is 2.49. The molecule has 0 unspecified atom stereocenters. The van der Waals surface area contributed by atoms with Gasteiger partial charge in [-0.2, -0.15) is 0 Å². The van der Waals surface area contributed by atoms with Gasteiger partial charge >= 0.3 is 0 Å². The van der Waals surface area contributed by atoms with Crippen molar-refractivity contribution in [3.63, 3.8) is 0 Å². The SMILES string of the molecule is CCC(CC)c1ccc(Cl)cc1-c1ccc(OC(C)C)c(F)c1. The van der Waals surface area contributed by atoms with Crippen LogP contribution in [0, 0.1) is 5.82 Å². The van der Waals surface area contributed by atoms with Crippen LogP contribution in [0.3, 0.4) is 0 Å². The highest BCUT2D eigenvalue weighted by atomic mass is 35.5. The second-order valence-corrected chi connectivity index (χ2v) is 6.49. The molecule has 0 aromatic heterocycles. The summed E-state index contributed by atoms with van der Waals surface area (Å²) in [5.41, 5.74) is 3.06. The molecule has 2 aromatic carbocycles. The third-order valence-electron chi connectivity index (χ3n) is 4.05. The normalized spacial score (nSPS) is 11.3. The van der Waals surface area contributed by atoms with Crippen LogP contribution in [0.15, 0.2) is 36.4 Å². The first kappa shape index (κ1) is 17.8. The molecule has 2 aromatic rings. The zero-order valence-corrected chi connectivity index (χ0v) is 15.0. The Morgan fingerprint density at radius 3 is 2.30 bits per heavy atom. The van der Waals surface area contributed by atoms with Crippen LogP contribution < -0.4 is 4.74 Å². The largest absolute Gasteiger partial charge is 0.488 e. The fourth-order valence-electron chi connectivity index (χ4n) is 2.88. The predicted octanol–water partition coefficient (Wildman–Crippen LogP) is 6.84. The van der Waals surface area contributed by atoms with Gasteiger partial charge in [-0.15, -0.1) is 0 Å². The van der Waals surface area contributed by atoms with Crippen LogP contribution in [-0.2, 0) is 0 Å². The fraction of sp³-hybridized carbons (Fsp3) is 0.400. The van der Waals surface area contributed by atoms with E-state index in [0.29, 0.717) is 10.9 Å². The molecule has 0 aliphatic heterocycles. The average molecular weight is 335 g/mol. The Kier molecular flexibility index (Phi) is 6.06. The van der Waals surface area contributed by atoms with Gasteiger partial charge in [0.2, 0.25) is 0 Å². The highest BCUT2D eigenvalue weighted by molar-refractivity contribution is 6.30. The molecule has 0 bridgehead atoms. The van der Waals surface area contributed by atoms with E-state index in [2.05, 4.69) is 19.9 Å². The Morgan fingerprint density at radius 2 is 1.74 bits per heavy atom. The Morgan fingerprint density at radius 1 is 1.04 bits per heavy atom. The number of rotatable bonds is 6. The zero-order chi connectivity index (χ0) is 17.0. The van der Waals surface area contributed by atoms with E-state index in [9.17, 15) is 4.39 Å². The molecule has 2 rings (SSSR count). The molecule has 1 nitrogen and oxygen atoms in total. The minimum absolute atomic E-state index is 0.0540. The van der Waals surface area contributed by atoms with Gasteiger partial charge in [0.15, 0.2) is 11.6 Å². The molecule has 3 heteroatoms. The molecular formula is C20H24ClFO. The van der Waals surface area contributed by atoms with Gasteiger partial charge in [-0.1, -0.05) is 37.6 Å². The van der Waals surface area contributed by atoms with Gasteiger partial charge in [-0.05, 0) is 73.6 Å².